The van der Waals surface area contributed by atoms with Gasteiger partial charge in [-0.05, 0) is 18.2 Å². The van der Waals surface area contributed by atoms with Crippen molar-refractivity contribution in [2.45, 2.75) is 12.0 Å². The van der Waals surface area contributed by atoms with Crippen molar-refractivity contribution in [3.63, 3.8) is 0 Å². The Morgan fingerprint density at radius 3 is 2.55 bits per heavy atom. The van der Waals surface area contributed by atoms with Crippen LogP contribution in [-0.2, 0) is 4.79 Å². The molecule has 1 fully saturated rings. The van der Waals surface area contributed by atoms with E-state index < -0.39 is 17.5 Å². The zero-order valence-electron chi connectivity index (χ0n) is 11.0. The molecule has 1 aromatic rings. The van der Waals surface area contributed by atoms with Crippen molar-refractivity contribution >= 4 is 11.9 Å². The molecule has 0 atom stereocenters. The molecule has 0 bridgehead atoms. The molecule has 1 saturated heterocycles. The third-order valence-corrected chi connectivity index (χ3v) is 3.14. The van der Waals surface area contributed by atoms with E-state index >= 15 is 0 Å². The molecule has 7 heteroatoms. The maximum absolute atomic E-state index is 11.1. The smallest absolute Gasteiger partial charge is 0.307 e. The number of carbonyl (C=O) groups is 2. The highest BCUT2D eigenvalue weighted by Crippen LogP contribution is 2.33. The van der Waals surface area contributed by atoms with Crippen molar-refractivity contribution < 1.29 is 24.2 Å². The van der Waals surface area contributed by atoms with Crippen LogP contribution in [0.4, 0.5) is 0 Å². The van der Waals surface area contributed by atoms with Gasteiger partial charge in [-0.1, -0.05) is 0 Å². The first-order valence-electron chi connectivity index (χ1n) is 6.05. The fourth-order valence-electron chi connectivity index (χ4n) is 2.05. The molecular formula is C13H16N2O5. The van der Waals surface area contributed by atoms with E-state index in [1.165, 1.54) is 19.2 Å². The lowest BCUT2D eigenvalue weighted by Gasteiger charge is -2.41. The van der Waals surface area contributed by atoms with Crippen LogP contribution in [0.3, 0.4) is 0 Å². The molecule has 0 saturated carbocycles. The van der Waals surface area contributed by atoms with E-state index in [0.29, 0.717) is 30.2 Å². The highest BCUT2D eigenvalue weighted by molar-refractivity contribution is 5.93. The Labute approximate surface area is 115 Å². The highest BCUT2D eigenvalue weighted by atomic mass is 16.5. The first-order chi connectivity index (χ1) is 9.46. The van der Waals surface area contributed by atoms with E-state index in [2.05, 4.69) is 5.32 Å². The number of aliphatic carboxylic acids is 1. The van der Waals surface area contributed by atoms with Gasteiger partial charge in [-0.15, -0.1) is 0 Å². The number of primary amides is 1. The fraction of sp³-hybridized carbons (Fsp3) is 0.385. The summed E-state index contributed by atoms with van der Waals surface area (Å²) in [6, 6.07) is 4.54. The van der Waals surface area contributed by atoms with Crippen LogP contribution in [0.25, 0.3) is 0 Å². The molecule has 7 nitrogen and oxygen atoms in total. The van der Waals surface area contributed by atoms with Gasteiger partial charge in [0.25, 0.3) is 0 Å². The van der Waals surface area contributed by atoms with Gasteiger partial charge < -0.3 is 25.6 Å². The van der Waals surface area contributed by atoms with E-state index in [9.17, 15) is 9.59 Å². The minimum Gasteiger partial charge on any atom is -0.493 e. The Bertz CT molecular complexity index is 540. The monoisotopic (exact) mass is 280 g/mol. The van der Waals surface area contributed by atoms with Crippen LogP contribution in [0.5, 0.6) is 11.5 Å². The first-order valence-corrected chi connectivity index (χ1v) is 6.05. The maximum Gasteiger partial charge on any atom is 0.307 e. The largest absolute Gasteiger partial charge is 0.493 e. The SMILES string of the molecule is COc1cc(C(N)=O)ccc1OC1(CC(=O)O)CNC1. The van der Waals surface area contributed by atoms with E-state index in [-0.39, 0.29) is 6.42 Å². The molecule has 1 amide bonds. The number of hydrogen-bond acceptors (Lipinski definition) is 5. The highest BCUT2D eigenvalue weighted by Gasteiger charge is 2.42. The molecule has 108 valence electrons. The average Bonchev–Trinajstić information content (AvgIpc) is 2.35. The molecule has 0 unspecified atom stereocenters. The summed E-state index contributed by atoms with van der Waals surface area (Å²) in [5, 5.41) is 11.9. The topological polar surface area (TPSA) is 111 Å². The third-order valence-electron chi connectivity index (χ3n) is 3.14. The first kappa shape index (κ1) is 14.1. The maximum atomic E-state index is 11.1. The predicted molar refractivity (Wildman–Crippen MR) is 70.0 cm³/mol. The van der Waals surface area contributed by atoms with E-state index in [4.69, 9.17) is 20.3 Å². The zero-order chi connectivity index (χ0) is 14.8. The Hall–Kier alpha value is -2.28. The number of carboxylic acids is 1. The van der Waals surface area contributed by atoms with Crippen LogP contribution in [0, 0.1) is 0 Å². The number of benzene rings is 1. The zero-order valence-corrected chi connectivity index (χ0v) is 11.0. The minimum absolute atomic E-state index is 0.110. The fourth-order valence-corrected chi connectivity index (χ4v) is 2.05. The number of amides is 1. The second-order valence-corrected chi connectivity index (χ2v) is 4.69. The van der Waals surface area contributed by atoms with Crippen molar-refractivity contribution in [1.82, 2.24) is 5.32 Å². The molecule has 1 aliphatic rings. The standard InChI is InChI=1S/C13H16N2O5/c1-19-10-4-8(12(14)18)2-3-9(10)20-13(5-11(16)17)6-15-7-13/h2-4,15H,5-7H2,1H3,(H2,14,18)(H,16,17). The number of hydrogen-bond donors (Lipinski definition) is 3. The van der Waals surface area contributed by atoms with Crippen LogP contribution >= 0.6 is 0 Å². The van der Waals surface area contributed by atoms with Gasteiger partial charge in [0.1, 0.15) is 5.60 Å². The minimum atomic E-state index is -0.931. The summed E-state index contributed by atoms with van der Waals surface area (Å²) in [6.45, 7) is 0.889. The number of methoxy groups -OCH3 is 1. The van der Waals surface area contributed by atoms with Crippen molar-refractivity contribution in [1.29, 1.82) is 0 Å². The van der Waals surface area contributed by atoms with E-state index in [1.54, 1.807) is 6.07 Å². The van der Waals surface area contributed by atoms with Crippen molar-refractivity contribution in [2.24, 2.45) is 5.73 Å². The van der Waals surface area contributed by atoms with Crippen molar-refractivity contribution in [2.75, 3.05) is 20.2 Å². The molecule has 20 heavy (non-hydrogen) atoms. The Balaban J connectivity index is 2.24. The van der Waals surface area contributed by atoms with Gasteiger partial charge in [0.05, 0.1) is 13.5 Å². The predicted octanol–water partition coefficient (Wildman–Crippen LogP) is -0.0104. The number of carboxylic acid groups (broad SMARTS) is 1. The Morgan fingerprint density at radius 1 is 1.40 bits per heavy atom. The number of nitrogens with one attached hydrogen (secondary N) is 1. The van der Waals surface area contributed by atoms with Crippen LogP contribution in [0.1, 0.15) is 16.8 Å². The number of rotatable bonds is 6. The van der Waals surface area contributed by atoms with Gasteiger partial charge in [0.2, 0.25) is 5.91 Å². The van der Waals surface area contributed by atoms with Crippen LogP contribution in [0.15, 0.2) is 18.2 Å². The van der Waals surface area contributed by atoms with Gasteiger partial charge in [-0.25, -0.2) is 0 Å². The lowest BCUT2D eigenvalue weighted by atomic mass is 9.92. The summed E-state index contributed by atoms with van der Waals surface area (Å²) in [4.78, 5) is 22.0. The Kier molecular flexibility index (Phi) is 3.80. The second kappa shape index (κ2) is 5.38. The normalized spacial score (nSPS) is 16.1. The molecule has 0 radical (unpaired) electrons. The molecule has 1 heterocycles. The third kappa shape index (κ3) is 2.83. The van der Waals surface area contributed by atoms with Crippen LogP contribution < -0.4 is 20.5 Å². The molecule has 0 spiro atoms. The van der Waals surface area contributed by atoms with Gasteiger partial charge in [-0.3, -0.25) is 9.59 Å². The summed E-state index contributed by atoms with van der Waals surface area (Å²) < 4.78 is 10.9. The molecule has 2 rings (SSSR count). The summed E-state index contributed by atoms with van der Waals surface area (Å²) >= 11 is 0. The average molecular weight is 280 g/mol. The van der Waals surface area contributed by atoms with E-state index in [0.717, 1.165) is 0 Å². The molecule has 0 aromatic heterocycles. The molecular weight excluding hydrogens is 264 g/mol. The second-order valence-electron chi connectivity index (χ2n) is 4.69. The molecule has 0 aliphatic carbocycles. The summed E-state index contributed by atoms with van der Waals surface area (Å²) in [6.07, 6.45) is -0.110. The van der Waals surface area contributed by atoms with E-state index in [1.807, 2.05) is 0 Å². The van der Waals surface area contributed by atoms with Crippen LogP contribution in [-0.4, -0.2) is 42.8 Å². The quantitative estimate of drug-likeness (QED) is 0.676. The summed E-state index contributed by atoms with van der Waals surface area (Å²) in [5.74, 6) is -0.766. The summed E-state index contributed by atoms with van der Waals surface area (Å²) in [5.41, 5.74) is 4.71. The van der Waals surface area contributed by atoms with Gasteiger partial charge in [-0.2, -0.15) is 0 Å². The number of carbonyl (C=O) groups excluding carboxylic acids is 1. The number of nitrogens with two attached hydrogens (primary N) is 1. The lowest BCUT2D eigenvalue weighted by Crippen LogP contribution is -2.64. The Morgan fingerprint density at radius 2 is 2.10 bits per heavy atom. The lowest BCUT2D eigenvalue weighted by molar-refractivity contribution is -0.143. The van der Waals surface area contributed by atoms with Gasteiger partial charge in [0.15, 0.2) is 11.5 Å². The molecule has 4 N–H and O–H groups in total. The van der Waals surface area contributed by atoms with Gasteiger partial charge in [0, 0.05) is 18.7 Å². The number of ether oxygens (including phenoxy) is 2. The van der Waals surface area contributed by atoms with Crippen molar-refractivity contribution in [3.8, 4) is 11.5 Å². The summed E-state index contributed by atoms with van der Waals surface area (Å²) in [7, 11) is 1.44. The van der Waals surface area contributed by atoms with Crippen molar-refractivity contribution in [3.05, 3.63) is 23.8 Å². The van der Waals surface area contributed by atoms with Crippen LogP contribution in [0.2, 0.25) is 0 Å². The van der Waals surface area contributed by atoms with Gasteiger partial charge >= 0.3 is 5.97 Å². The molecule has 1 aromatic carbocycles. The molecule has 1 aliphatic heterocycles.